The van der Waals surface area contributed by atoms with Gasteiger partial charge in [0.25, 0.3) is 0 Å². The lowest BCUT2D eigenvalue weighted by atomic mass is 10.2. The number of hydrogen-bond acceptors (Lipinski definition) is 1. The van der Waals surface area contributed by atoms with Gasteiger partial charge in [0.15, 0.2) is 0 Å². The van der Waals surface area contributed by atoms with Gasteiger partial charge in [0.2, 0.25) is 0 Å². The maximum Gasteiger partial charge on any atom is 0.134 e. The maximum atomic E-state index is 5.78. The minimum absolute atomic E-state index is 0.503. The van der Waals surface area contributed by atoms with Crippen LogP contribution in [-0.2, 0) is 12.5 Å². The zero-order chi connectivity index (χ0) is 13.0. The molecule has 0 amide bonds. The van der Waals surface area contributed by atoms with Crippen LogP contribution in [0.1, 0.15) is 11.1 Å². The molecule has 4 heteroatoms. The minimum Gasteiger partial charge on any atom is -0.488 e. The van der Waals surface area contributed by atoms with Crippen molar-refractivity contribution >= 4 is 43.5 Å². The highest BCUT2D eigenvalue weighted by Gasteiger charge is 2.04. The summed E-state index contributed by atoms with van der Waals surface area (Å²) >= 11 is 12.8. The Morgan fingerprint density at radius 2 is 1.78 bits per heavy atom. The number of rotatable bonds is 4. The molecule has 0 unspecified atom stereocenters. The number of hydrogen-bond donors (Lipinski definition) is 0. The largest absolute Gasteiger partial charge is 0.488 e. The van der Waals surface area contributed by atoms with Gasteiger partial charge >= 0.3 is 0 Å². The molecule has 0 fully saturated rings. The molecule has 0 saturated carbocycles. The van der Waals surface area contributed by atoms with Gasteiger partial charge in [-0.25, -0.2) is 0 Å². The Bertz CT molecular complexity index is 543. The van der Waals surface area contributed by atoms with Crippen molar-refractivity contribution in [2.24, 2.45) is 0 Å². The van der Waals surface area contributed by atoms with Crippen molar-refractivity contribution in [1.29, 1.82) is 0 Å². The van der Waals surface area contributed by atoms with Gasteiger partial charge in [-0.2, -0.15) is 0 Å². The predicted octanol–water partition coefficient (Wildman–Crippen LogP) is 5.53. The van der Waals surface area contributed by atoms with Crippen LogP contribution >= 0.6 is 43.5 Å². The summed E-state index contributed by atoms with van der Waals surface area (Å²) in [5.41, 5.74) is 2.18. The molecule has 0 spiro atoms. The van der Waals surface area contributed by atoms with Crippen LogP contribution < -0.4 is 4.74 Å². The Hall–Kier alpha value is -0.510. The normalized spacial score (nSPS) is 10.4. The first-order chi connectivity index (χ1) is 8.70. The Kier molecular flexibility index (Phi) is 5.10. The van der Waals surface area contributed by atoms with Crippen molar-refractivity contribution in [2.45, 2.75) is 12.5 Å². The molecule has 0 saturated heterocycles. The quantitative estimate of drug-likeness (QED) is 0.624. The molecule has 0 aromatic heterocycles. The van der Waals surface area contributed by atoms with Gasteiger partial charge in [-0.3, -0.25) is 0 Å². The van der Waals surface area contributed by atoms with Crippen LogP contribution in [-0.4, -0.2) is 0 Å². The standard InChI is InChI=1S/C14H11Br2ClO/c15-12-4-2-1-3-11(12)9-18-14-6-5-10(8-17)7-13(14)16/h1-7H,8-9H2. The molecule has 1 nitrogen and oxygen atoms in total. The van der Waals surface area contributed by atoms with Gasteiger partial charge in [0, 0.05) is 15.9 Å². The molecular weight excluding hydrogens is 379 g/mol. The van der Waals surface area contributed by atoms with E-state index in [-0.39, 0.29) is 0 Å². The highest BCUT2D eigenvalue weighted by molar-refractivity contribution is 9.10. The fraction of sp³-hybridized carbons (Fsp3) is 0.143. The van der Waals surface area contributed by atoms with E-state index in [0.29, 0.717) is 12.5 Å². The summed E-state index contributed by atoms with van der Waals surface area (Å²) in [6.07, 6.45) is 0. The highest BCUT2D eigenvalue weighted by Crippen LogP contribution is 2.28. The predicted molar refractivity (Wildman–Crippen MR) is 82.2 cm³/mol. The third kappa shape index (κ3) is 3.50. The van der Waals surface area contributed by atoms with Crippen molar-refractivity contribution in [3.05, 3.63) is 62.5 Å². The minimum atomic E-state index is 0.503. The lowest BCUT2D eigenvalue weighted by Gasteiger charge is -2.10. The van der Waals surface area contributed by atoms with Crippen molar-refractivity contribution in [3.8, 4) is 5.75 Å². The lowest BCUT2D eigenvalue weighted by Crippen LogP contribution is -1.97. The van der Waals surface area contributed by atoms with E-state index in [4.69, 9.17) is 16.3 Å². The molecular formula is C14H11Br2ClO. The molecule has 2 aromatic rings. The average Bonchev–Trinajstić information content (AvgIpc) is 2.39. The summed E-state index contributed by atoms with van der Waals surface area (Å²) in [5.74, 6) is 1.32. The van der Waals surface area contributed by atoms with Gasteiger partial charge in [-0.1, -0.05) is 40.2 Å². The third-order valence-corrected chi connectivity index (χ3v) is 4.19. The van der Waals surface area contributed by atoms with Crippen LogP contribution in [0.4, 0.5) is 0 Å². The van der Waals surface area contributed by atoms with E-state index in [1.807, 2.05) is 42.5 Å². The summed E-state index contributed by atoms with van der Waals surface area (Å²) in [6, 6.07) is 13.9. The molecule has 0 heterocycles. The van der Waals surface area contributed by atoms with E-state index in [2.05, 4.69) is 31.9 Å². The fourth-order valence-electron chi connectivity index (χ4n) is 1.52. The lowest BCUT2D eigenvalue weighted by molar-refractivity contribution is 0.303. The second-order valence-electron chi connectivity index (χ2n) is 3.78. The summed E-state index contributed by atoms with van der Waals surface area (Å²) in [4.78, 5) is 0. The summed E-state index contributed by atoms with van der Waals surface area (Å²) in [5, 5.41) is 0. The Balaban J connectivity index is 2.09. The molecule has 0 aliphatic heterocycles. The van der Waals surface area contributed by atoms with Crippen LogP contribution in [0.2, 0.25) is 0 Å². The molecule has 0 atom stereocenters. The van der Waals surface area contributed by atoms with Crippen LogP contribution in [0.15, 0.2) is 51.4 Å². The molecule has 0 aliphatic rings. The second kappa shape index (κ2) is 6.60. The van der Waals surface area contributed by atoms with Crippen LogP contribution in [0.25, 0.3) is 0 Å². The van der Waals surface area contributed by atoms with Crippen LogP contribution in [0, 0.1) is 0 Å². The van der Waals surface area contributed by atoms with Gasteiger partial charge in [0.1, 0.15) is 12.4 Å². The van der Waals surface area contributed by atoms with Gasteiger partial charge in [0.05, 0.1) is 4.47 Å². The maximum absolute atomic E-state index is 5.78. The van der Waals surface area contributed by atoms with Crippen molar-refractivity contribution in [2.75, 3.05) is 0 Å². The second-order valence-corrected chi connectivity index (χ2v) is 5.75. The summed E-state index contributed by atoms with van der Waals surface area (Å²) in [6.45, 7) is 0.528. The van der Waals surface area contributed by atoms with E-state index in [9.17, 15) is 0 Å². The first kappa shape index (κ1) is 13.9. The van der Waals surface area contributed by atoms with Gasteiger partial charge in [-0.15, -0.1) is 11.6 Å². The SMILES string of the molecule is ClCc1ccc(OCc2ccccc2Br)c(Br)c1. The molecule has 2 aromatic carbocycles. The van der Waals surface area contributed by atoms with E-state index >= 15 is 0 Å². The molecule has 0 radical (unpaired) electrons. The van der Waals surface area contributed by atoms with Gasteiger partial charge in [-0.05, 0) is 39.7 Å². The average molecular weight is 391 g/mol. The Morgan fingerprint density at radius 3 is 2.44 bits per heavy atom. The first-order valence-electron chi connectivity index (χ1n) is 5.41. The van der Waals surface area contributed by atoms with Crippen LogP contribution in [0.5, 0.6) is 5.75 Å². The van der Waals surface area contributed by atoms with E-state index in [1.54, 1.807) is 0 Å². The zero-order valence-electron chi connectivity index (χ0n) is 9.50. The summed E-state index contributed by atoms with van der Waals surface area (Å²) < 4.78 is 7.76. The van der Waals surface area contributed by atoms with Crippen molar-refractivity contribution in [3.63, 3.8) is 0 Å². The smallest absolute Gasteiger partial charge is 0.134 e. The molecule has 0 N–H and O–H groups in total. The van der Waals surface area contributed by atoms with Gasteiger partial charge < -0.3 is 4.74 Å². The topological polar surface area (TPSA) is 9.23 Å². The highest BCUT2D eigenvalue weighted by atomic mass is 79.9. The zero-order valence-corrected chi connectivity index (χ0v) is 13.4. The number of alkyl halides is 1. The molecule has 2 rings (SSSR count). The fourth-order valence-corrected chi connectivity index (χ4v) is 2.62. The number of ether oxygens (including phenoxy) is 1. The molecule has 0 aliphatic carbocycles. The monoisotopic (exact) mass is 388 g/mol. The number of halogens is 3. The third-order valence-electron chi connectivity index (χ3n) is 2.49. The Morgan fingerprint density at radius 1 is 1.00 bits per heavy atom. The van der Waals surface area contributed by atoms with E-state index in [0.717, 1.165) is 25.8 Å². The summed E-state index contributed by atoms with van der Waals surface area (Å²) in [7, 11) is 0. The van der Waals surface area contributed by atoms with Crippen molar-refractivity contribution in [1.82, 2.24) is 0 Å². The van der Waals surface area contributed by atoms with E-state index in [1.165, 1.54) is 0 Å². The van der Waals surface area contributed by atoms with Crippen LogP contribution in [0.3, 0.4) is 0 Å². The number of benzene rings is 2. The first-order valence-corrected chi connectivity index (χ1v) is 7.53. The molecule has 94 valence electrons. The molecule has 18 heavy (non-hydrogen) atoms. The Labute approximate surface area is 128 Å². The van der Waals surface area contributed by atoms with E-state index < -0.39 is 0 Å². The molecule has 0 bridgehead atoms. The van der Waals surface area contributed by atoms with Crippen molar-refractivity contribution < 1.29 is 4.74 Å².